The number of carbonyl (C=O) groups is 2. The van der Waals surface area contributed by atoms with Crippen LogP contribution in [0.5, 0.6) is 0 Å². The second kappa shape index (κ2) is 7.58. The van der Waals surface area contributed by atoms with Crippen molar-refractivity contribution in [2.45, 2.75) is 19.3 Å². The van der Waals surface area contributed by atoms with Gasteiger partial charge in [-0.25, -0.2) is 4.98 Å². The van der Waals surface area contributed by atoms with E-state index >= 15 is 0 Å². The van der Waals surface area contributed by atoms with Crippen LogP contribution in [0.3, 0.4) is 0 Å². The Hall–Kier alpha value is -3.21. The molecule has 27 heavy (non-hydrogen) atoms. The summed E-state index contributed by atoms with van der Waals surface area (Å²) in [4.78, 5) is 30.0. The van der Waals surface area contributed by atoms with Gasteiger partial charge >= 0.3 is 0 Å². The number of hydrogen-bond donors (Lipinski definition) is 1. The van der Waals surface area contributed by atoms with E-state index in [0.29, 0.717) is 25.2 Å². The zero-order valence-corrected chi connectivity index (χ0v) is 15.0. The molecule has 1 N–H and O–H groups in total. The number of nitrogens with zero attached hydrogens (tertiary/aromatic N) is 2. The van der Waals surface area contributed by atoms with Gasteiger partial charge in [-0.3, -0.25) is 9.59 Å². The maximum absolute atomic E-state index is 12.5. The molecule has 138 valence electrons. The first-order valence-electron chi connectivity index (χ1n) is 9.19. The Kier molecular flexibility index (Phi) is 4.83. The van der Waals surface area contributed by atoms with E-state index in [1.54, 1.807) is 18.3 Å². The minimum atomic E-state index is 0. The van der Waals surface area contributed by atoms with Crippen molar-refractivity contribution in [3.63, 3.8) is 0 Å². The molecular formula is C22H23N3O2. The Morgan fingerprint density at radius 1 is 1.19 bits per heavy atom. The first-order chi connectivity index (χ1) is 13.2. The number of amides is 2. The topological polar surface area (TPSA) is 62.3 Å². The molecule has 2 aliphatic rings. The van der Waals surface area contributed by atoms with Crippen LogP contribution in [0.4, 0.5) is 5.82 Å². The average molecular weight is 361 g/mol. The van der Waals surface area contributed by atoms with Crippen LogP contribution < -0.4 is 5.32 Å². The fourth-order valence-corrected chi connectivity index (χ4v) is 3.42. The van der Waals surface area contributed by atoms with Crippen LogP contribution in [0, 0.1) is 0 Å². The number of fused-ring (bicyclic) bond motifs is 1. The highest BCUT2D eigenvalue weighted by Gasteiger charge is 2.17. The number of carbonyl (C=O) groups excluding carboxylic acids is 2. The molecule has 5 heteroatoms. The van der Waals surface area contributed by atoms with Crippen molar-refractivity contribution in [3.8, 4) is 0 Å². The smallest absolute Gasteiger partial charge is 0.246 e. The van der Waals surface area contributed by atoms with Crippen molar-refractivity contribution in [1.82, 2.24) is 9.88 Å². The summed E-state index contributed by atoms with van der Waals surface area (Å²) < 4.78 is 0. The third kappa shape index (κ3) is 3.97. The zero-order valence-electron chi connectivity index (χ0n) is 15.0. The number of rotatable bonds is 3. The van der Waals surface area contributed by atoms with Gasteiger partial charge in [0.1, 0.15) is 5.82 Å². The van der Waals surface area contributed by atoms with E-state index < -0.39 is 0 Å². The molecule has 0 atom stereocenters. The molecule has 0 saturated carbocycles. The maximum atomic E-state index is 12.5. The fraction of sp³-hybridized carbons (Fsp3) is 0.227. The number of benzene rings is 1. The van der Waals surface area contributed by atoms with Crippen molar-refractivity contribution in [2.24, 2.45) is 0 Å². The van der Waals surface area contributed by atoms with Gasteiger partial charge in [0.2, 0.25) is 11.8 Å². The van der Waals surface area contributed by atoms with Gasteiger partial charge in [0.05, 0.1) is 0 Å². The predicted molar refractivity (Wildman–Crippen MR) is 108 cm³/mol. The molecule has 0 radical (unpaired) electrons. The van der Waals surface area contributed by atoms with Gasteiger partial charge in [0.15, 0.2) is 0 Å². The summed E-state index contributed by atoms with van der Waals surface area (Å²) in [5.41, 5.74) is 4.41. The summed E-state index contributed by atoms with van der Waals surface area (Å²) >= 11 is 0. The van der Waals surface area contributed by atoms with Crippen LogP contribution >= 0.6 is 0 Å². The molecule has 0 spiro atoms. The molecule has 1 aromatic heterocycles. The monoisotopic (exact) mass is 361 g/mol. The van der Waals surface area contributed by atoms with Gasteiger partial charge in [0, 0.05) is 33.2 Å². The van der Waals surface area contributed by atoms with E-state index in [0.717, 1.165) is 24.1 Å². The van der Waals surface area contributed by atoms with E-state index in [9.17, 15) is 9.59 Å². The first kappa shape index (κ1) is 17.2. The van der Waals surface area contributed by atoms with Crippen molar-refractivity contribution in [2.75, 3.05) is 18.4 Å². The van der Waals surface area contributed by atoms with Crippen LogP contribution in [0.15, 0.2) is 54.7 Å². The van der Waals surface area contributed by atoms with Crippen LogP contribution in [0.1, 0.15) is 31.0 Å². The van der Waals surface area contributed by atoms with E-state index in [2.05, 4.69) is 28.5 Å². The largest absolute Gasteiger partial charge is 0.335 e. The van der Waals surface area contributed by atoms with Crippen molar-refractivity contribution in [3.05, 3.63) is 71.4 Å². The van der Waals surface area contributed by atoms with Crippen LogP contribution in [0.2, 0.25) is 0 Å². The van der Waals surface area contributed by atoms with E-state index in [1.165, 1.54) is 11.1 Å². The Morgan fingerprint density at radius 2 is 2.04 bits per heavy atom. The van der Waals surface area contributed by atoms with E-state index in [1.807, 2.05) is 29.2 Å². The second-order valence-electron chi connectivity index (χ2n) is 6.79. The highest BCUT2D eigenvalue weighted by molar-refractivity contribution is 5.94. The standard InChI is InChI=1S/C22H21N3O2.H2/c26-20-8-7-19-14-16(15-23-22(19)24-20)6-9-21(27)25-12-10-18(11-13-25)17-4-2-1-3-5-17;/h1-6,9-10,14-15H,7-8,11-13H2,(H,23,24,26);1H/b9-6+;. The molecule has 0 bridgehead atoms. The maximum Gasteiger partial charge on any atom is 0.246 e. The van der Waals surface area contributed by atoms with Crippen LogP contribution in [-0.2, 0) is 16.0 Å². The molecular weight excluding hydrogens is 338 g/mol. The third-order valence-corrected chi connectivity index (χ3v) is 4.95. The summed E-state index contributed by atoms with van der Waals surface area (Å²) in [6.07, 6.45) is 9.23. The van der Waals surface area contributed by atoms with Gasteiger partial charge in [-0.05, 0) is 47.2 Å². The quantitative estimate of drug-likeness (QED) is 0.851. The summed E-state index contributed by atoms with van der Waals surface area (Å²) in [5.74, 6) is 0.634. The minimum Gasteiger partial charge on any atom is -0.335 e. The molecule has 1 aromatic carbocycles. The number of anilines is 1. The van der Waals surface area contributed by atoms with Crippen LogP contribution in [0.25, 0.3) is 11.6 Å². The average Bonchev–Trinajstić information content (AvgIpc) is 2.72. The molecule has 2 aliphatic heterocycles. The second-order valence-corrected chi connectivity index (χ2v) is 6.79. The number of hydrogen-bond acceptors (Lipinski definition) is 3. The van der Waals surface area contributed by atoms with E-state index in [4.69, 9.17) is 0 Å². The molecule has 0 aliphatic carbocycles. The number of aromatic nitrogens is 1. The number of pyridine rings is 1. The molecule has 5 nitrogen and oxygen atoms in total. The summed E-state index contributed by atoms with van der Waals surface area (Å²) in [6, 6.07) is 12.3. The van der Waals surface area contributed by atoms with Crippen LogP contribution in [-0.4, -0.2) is 34.8 Å². The van der Waals surface area contributed by atoms with Gasteiger partial charge in [-0.15, -0.1) is 0 Å². The molecule has 0 saturated heterocycles. The van der Waals surface area contributed by atoms with Crippen molar-refractivity contribution >= 4 is 29.3 Å². The minimum absolute atomic E-state index is 0. The SMILES string of the molecule is O=C1CCc2cc(/C=C/C(=O)N3CC=C(c4ccccc4)CC3)cnc2N1.[HH]. The lowest BCUT2D eigenvalue weighted by Gasteiger charge is -2.25. The van der Waals surface area contributed by atoms with Gasteiger partial charge in [-0.2, -0.15) is 0 Å². The Labute approximate surface area is 159 Å². The van der Waals surface area contributed by atoms with Crippen molar-refractivity contribution in [1.29, 1.82) is 0 Å². The van der Waals surface area contributed by atoms with E-state index in [-0.39, 0.29) is 13.2 Å². The van der Waals surface area contributed by atoms with Gasteiger partial charge in [0.25, 0.3) is 0 Å². The molecule has 4 rings (SSSR count). The Balaban J connectivity index is 0.00000225. The molecule has 0 fully saturated rings. The first-order valence-corrected chi connectivity index (χ1v) is 9.19. The molecule has 0 unspecified atom stereocenters. The number of aryl methyl sites for hydroxylation is 1. The lowest BCUT2D eigenvalue weighted by molar-refractivity contribution is -0.125. The zero-order chi connectivity index (χ0) is 18.6. The highest BCUT2D eigenvalue weighted by atomic mass is 16.2. The lowest BCUT2D eigenvalue weighted by atomic mass is 9.99. The highest BCUT2D eigenvalue weighted by Crippen LogP contribution is 2.23. The van der Waals surface area contributed by atoms with Gasteiger partial charge < -0.3 is 10.2 Å². The summed E-state index contributed by atoms with van der Waals surface area (Å²) in [5, 5.41) is 2.77. The normalized spacial score (nSPS) is 16.7. The number of nitrogens with one attached hydrogen (secondary N) is 1. The Bertz CT molecular complexity index is 938. The molecule has 3 heterocycles. The summed E-state index contributed by atoms with van der Waals surface area (Å²) in [6.45, 7) is 1.35. The predicted octanol–water partition coefficient (Wildman–Crippen LogP) is 3.54. The van der Waals surface area contributed by atoms with Gasteiger partial charge in [-0.1, -0.05) is 36.4 Å². The molecule has 2 aromatic rings. The molecule has 2 amide bonds. The Morgan fingerprint density at radius 3 is 2.81 bits per heavy atom. The fourth-order valence-electron chi connectivity index (χ4n) is 3.42. The summed E-state index contributed by atoms with van der Waals surface area (Å²) in [7, 11) is 0. The third-order valence-electron chi connectivity index (χ3n) is 4.95. The lowest BCUT2D eigenvalue weighted by Crippen LogP contribution is -2.33. The van der Waals surface area contributed by atoms with Crippen molar-refractivity contribution < 1.29 is 11.0 Å².